The molecule has 0 rings (SSSR count). The Hall–Kier alpha value is -0.990. The standard InChI is InChI=1S/C11H22N2O/c1-8(10(12)14)9(13(5)6)7-11(2,3)4/h7H2,1-6H3,(H2,12,14). The van der Waals surface area contributed by atoms with Crippen molar-refractivity contribution in [3.8, 4) is 0 Å². The number of primary amides is 1. The van der Waals surface area contributed by atoms with Gasteiger partial charge in [0.25, 0.3) is 0 Å². The van der Waals surface area contributed by atoms with Gasteiger partial charge in [-0.3, -0.25) is 4.79 Å². The highest BCUT2D eigenvalue weighted by Gasteiger charge is 2.18. The molecule has 0 aromatic rings. The first-order valence-electron chi connectivity index (χ1n) is 4.82. The van der Waals surface area contributed by atoms with Gasteiger partial charge in [-0.2, -0.15) is 0 Å². The predicted molar refractivity (Wildman–Crippen MR) is 59.7 cm³/mol. The van der Waals surface area contributed by atoms with Crippen molar-refractivity contribution in [3.05, 3.63) is 11.3 Å². The molecule has 0 aromatic carbocycles. The summed E-state index contributed by atoms with van der Waals surface area (Å²) >= 11 is 0. The minimum atomic E-state index is -0.335. The van der Waals surface area contributed by atoms with Crippen LogP contribution in [0.3, 0.4) is 0 Å². The van der Waals surface area contributed by atoms with E-state index in [1.165, 1.54) is 0 Å². The Kier molecular flexibility index (Phi) is 4.17. The molecule has 0 aromatic heterocycles. The molecule has 14 heavy (non-hydrogen) atoms. The fourth-order valence-electron chi connectivity index (χ4n) is 1.27. The lowest BCUT2D eigenvalue weighted by molar-refractivity contribution is -0.114. The first kappa shape index (κ1) is 13.0. The first-order valence-corrected chi connectivity index (χ1v) is 4.82. The number of rotatable bonds is 3. The van der Waals surface area contributed by atoms with Crippen LogP contribution in [0.15, 0.2) is 11.3 Å². The van der Waals surface area contributed by atoms with E-state index >= 15 is 0 Å². The van der Waals surface area contributed by atoms with Crippen molar-refractivity contribution in [2.75, 3.05) is 14.1 Å². The molecule has 0 heterocycles. The second-order valence-corrected chi connectivity index (χ2v) is 5.07. The summed E-state index contributed by atoms with van der Waals surface area (Å²) in [5, 5.41) is 0. The highest BCUT2D eigenvalue weighted by atomic mass is 16.1. The molecule has 82 valence electrons. The summed E-state index contributed by atoms with van der Waals surface area (Å²) in [5.74, 6) is -0.335. The third kappa shape index (κ3) is 4.30. The van der Waals surface area contributed by atoms with E-state index in [0.29, 0.717) is 5.57 Å². The molecule has 3 nitrogen and oxygen atoms in total. The normalized spacial score (nSPS) is 13.6. The zero-order valence-corrected chi connectivity index (χ0v) is 10.1. The third-order valence-electron chi connectivity index (χ3n) is 2.04. The maximum atomic E-state index is 11.1. The molecule has 2 N–H and O–H groups in total. The second-order valence-electron chi connectivity index (χ2n) is 5.07. The van der Waals surface area contributed by atoms with Gasteiger partial charge in [0, 0.05) is 25.4 Å². The fraction of sp³-hybridized carbons (Fsp3) is 0.727. The molecule has 0 saturated heterocycles. The van der Waals surface area contributed by atoms with Crippen LogP contribution < -0.4 is 5.73 Å². The Balaban J connectivity index is 4.97. The lowest BCUT2D eigenvalue weighted by Gasteiger charge is -2.26. The fourth-order valence-corrected chi connectivity index (χ4v) is 1.27. The van der Waals surface area contributed by atoms with Crippen LogP contribution in [0.2, 0.25) is 0 Å². The number of nitrogens with zero attached hydrogens (tertiary/aromatic N) is 1. The maximum Gasteiger partial charge on any atom is 0.246 e. The summed E-state index contributed by atoms with van der Waals surface area (Å²) in [7, 11) is 3.88. The topological polar surface area (TPSA) is 46.3 Å². The van der Waals surface area contributed by atoms with Gasteiger partial charge in [0.1, 0.15) is 0 Å². The Morgan fingerprint density at radius 2 is 1.71 bits per heavy atom. The summed E-state index contributed by atoms with van der Waals surface area (Å²) < 4.78 is 0. The van der Waals surface area contributed by atoms with Crippen LogP contribution in [0.25, 0.3) is 0 Å². The molecule has 0 radical (unpaired) electrons. The highest BCUT2D eigenvalue weighted by Crippen LogP contribution is 2.26. The van der Waals surface area contributed by atoms with Crippen LogP contribution in [0, 0.1) is 5.41 Å². The van der Waals surface area contributed by atoms with Gasteiger partial charge < -0.3 is 10.6 Å². The van der Waals surface area contributed by atoms with Gasteiger partial charge in [0.2, 0.25) is 5.91 Å². The lowest BCUT2D eigenvalue weighted by Crippen LogP contribution is -2.24. The lowest BCUT2D eigenvalue weighted by atomic mass is 9.88. The summed E-state index contributed by atoms with van der Waals surface area (Å²) in [6.07, 6.45) is 0.856. The molecule has 3 heteroatoms. The van der Waals surface area contributed by atoms with Crippen molar-refractivity contribution < 1.29 is 4.79 Å². The Morgan fingerprint density at radius 1 is 1.29 bits per heavy atom. The van der Waals surface area contributed by atoms with Crippen molar-refractivity contribution in [1.29, 1.82) is 0 Å². The number of hydrogen-bond acceptors (Lipinski definition) is 2. The Bertz CT molecular complexity index is 247. The number of allylic oxidation sites excluding steroid dienone is 1. The molecule has 0 fully saturated rings. The van der Waals surface area contributed by atoms with E-state index in [1.54, 1.807) is 6.92 Å². The smallest absolute Gasteiger partial charge is 0.246 e. The number of amides is 1. The largest absolute Gasteiger partial charge is 0.381 e. The number of carbonyl (C=O) groups is 1. The van der Waals surface area contributed by atoms with E-state index in [9.17, 15) is 4.79 Å². The van der Waals surface area contributed by atoms with Crippen LogP contribution in [0.5, 0.6) is 0 Å². The van der Waals surface area contributed by atoms with Crippen molar-refractivity contribution >= 4 is 5.91 Å². The monoisotopic (exact) mass is 198 g/mol. The molecule has 1 amide bonds. The van der Waals surface area contributed by atoms with Crippen molar-refractivity contribution in [2.24, 2.45) is 11.1 Å². The molecular formula is C11H22N2O. The van der Waals surface area contributed by atoms with E-state index in [0.717, 1.165) is 12.1 Å². The van der Waals surface area contributed by atoms with Crippen molar-refractivity contribution in [2.45, 2.75) is 34.1 Å². The molecule has 0 atom stereocenters. The van der Waals surface area contributed by atoms with E-state index in [2.05, 4.69) is 20.8 Å². The zero-order valence-electron chi connectivity index (χ0n) is 10.1. The minimum Gasteiger partial charge on any atom is -0.381 e. The Morgan fingerprint density at radius 3 is 1.93 bits per heavy atom. The summed E-state index contributed by atoms with van der Waals surface area (Å²) in [4.78, 5) is 13.0. The SMILES string of the molecule is CC(C(N)=O)=C(CC(C)(C)C)N(C)C. The van der Waals surface area contributed by atoms with Crippen LogP contribution in [-0.4, -0.2) is 24.9 Å². The molecular weight excluding hydrogens is 176 g/mol. The van der Waals surface area contributed by atoms with Gasteiger partial charge in [-0.15, -0.1) is 0 Å². The molecule has 0 aliphatic carbocycles. The molecule has 0 aliphatic rings. The quantitative estimate of drug-likeness (QED) is 0.702. The maximum absolute atomic E-state index is 11.1. The average Bonchev–Trinajstić information content (AvgIpc) is 1.96. The van der Waals surface area contributed by atoms with Crippen LogP contribution in [-0.2, 0) is 4.79 Å². The van der Waals surface area contributed by atoms with Crippen molar-refractivity contribution in [3.63, 3.8) is 0 Å². The molecule has 0 saturated carbocycles. The van der Waals surface area contributed by atoms with Crippen molar-refractivity contribution in [1.82, 2.24) is 4.90 Å². The summed E-state index contributed by atoms with van der Waals surface area (Å²) in [6.45, 7) is 8.21. The van der Waals surface area contributed by atoms with Gasteiger partial charge in [-0.1, -0.05) is 20.8 Å². The predicted octanol–water partition coefficient (Wildman–Crippen LogP) is 1.74. The third-order valence-corrected chi connectivity index (χ3v) is 2.04. The van der Waals surface area contributed by atoms with Gasteiger partial charge in [0.05, 0.1) is 0 Å². The van der Waals surface area contributed by atoms with Gasteiger partial charge in [0.15, 0.2) is 0 Å². The second kappa shape index (κ2) is 4.49. The number of carbonyl (C=O) groups excluding carboxylic acids is 1. The summed E-state index contributed by atoms with van der Waals surface area (Å²) in [5.41, 5.74) is 7.11. The zero-order chi connectivity index (χ0) is 11.5. The van der Waals surface area contributed by atoms with Gasteiger partial charge in [-0.05, 0) is 18.8 Å². The van der Waals surface area contributed by atoms with E-state index < -0.39 is 0 Å². The molecule has 0 spiro atoms. The molecule has 0 aliphatic heterocycles. The number of hydrogen-bond donors (Lipinski definition) is 1. The molecule has 0 bridgehead atoms. The van der Waals surface area contributed by atoms with Gasteiger partial charge >= 0.3 is 0 Å². The van der Waals surface area contributed by atoms with Crippen LogP contribution >= 0.6 is 0 Å². The van der Waals surface area contributed by atoms with E-state index in [4.69, 9.17) is 5.73 Å². The van der Waals surface area contributed by atoms with Crippen LogP contribution in [0.4, 0.5) is 0 Å². The number of nitrogens with two attached hydrogens (primary N) is 1. The minimum absolute atomic E-state index is 0.163. The summed E-state index contributed by atoms with van der Waals surface area (Å²) in [6, 6.07) is 0. The Labute approximate surface area is 87.0 Å². The first-order chi connectivity index (χ1) is 6.15. The van der Waals surface area contributed by atoms with Gasteiger partial charge in [-0.25, -0.2) is 0 Å². The van der Waals surface area contributed by atoms with Crippen LogP contribution in [0.1, 0.15) is 34.1 Å². The van der Waals surface area contributed by atoms with E-state index in [1.807, 2.05) is 19.0 Å². The highest BCUT2D eigenvalue weighted by molar-refractivity contribution is 5.91. The average molecular weight is 198 g/mol. The van der Waals surface area contributed by atoms with E-state index in [-0.39, 0.29) is 11.3 Å². The molecule has 0 unspecified atom stereocenters.